The van der Waals surface area contributed by atoms with Crippen molar-refractivity contribution >= 4 is 23.2 Å². The van der Waals surface area contributed by atoms with E-state index in [1.807, 2.05) is 24.3 Å². The van der Waals surface area contributed by atoms with Gasteiger partial charge in [-0.1, -0.05) is 12.1 Å². The van der Waals surface area contributed by atoms with E-state index in [1.54, 1.807) is 4.68 Å². The lowest BCUT2D eigenvalue weighted by molar-refractivity contribution is -0.122. The molecule has 0 unspecified atom stereocenters. The fraction of sp³-hybridized carbons (Fsp3) is 0.320. The van der Waals surface area contributed by atoms with Gasteiger partial charge in [0.1, 0.15) is 0 Å². The lowest BCUT2D eigenvalue weighted by Gasteiger charge is -2.33. The minimum Gasteiger partial charge on any atom is -0.370 e. The molecule has 1 saturated heterocycles. The van der Waals surface area contributed by atoms with Crippen LogP contribution in [-0.2, 0) is 17.6 Å². The van der Waals surface area contributed by atoms with Crippen LogP contribution < -0.4 is 16.0 Å². The molecule has 0 saturated carbocycles. The average molecular weight is 466 g/mol. The van der Waals surface area contributed by atoms with Gasteiger partial charge in [0.05, 0.1) is 17.1 Å². The molecule has 2 heterocycles. The maximum atomic E-state index is 13.8. The summed E-state index contributed by atoms with van der Waals surface area (Å²) in [5.41, 5.74) is 9.33. The molecule has 2 aliphatic rings. The molecule has 176 valence electrons. The van der Waals surface area contributed by atoms with E-state index in [0.717, 1.165) is 35.5 Å². The van der Waals surface area contributed by atoms with Gasteiger partial charge in [0.25, 0.3) is 5.91 Å². The zero-order valence-electron chi connectivity index (χ0n) is 18.6. The first-order valence-electron chi connectivity index (χ1n) is 11.4. The fourth-order valence-corrected chi connectivity index (χ4v) is 4.89. The fourth-order valence-electron chi connectivity index (χ4n) is 4.89. The zero-order valence-corrected chi connectivity index (χ0v) is 18.6. The van der Waals surface area contributed by atoms with Crippen LogP contribution >= 0.6 is 0 Å². The van der Waals surface area contributed by atoms with Gasteiger partial charge in [-0.2, -0.15) is 5.10 Å². The SMILES string of the molecule is NC(=O)C1CCN(c2ccccc2NC(=O)c2nn(-c3ccc(F)c(F)c3)c3c2CCC3)CC1. The highest BCUT2D eigenvalue weighted by atomic mass is 19.2. The number of para-hydroxylation sites is 2. The van der Waals surface area contributed by atoms with Crippen molar-refractivity contribution < 1.29 is 18.4 Å². The molecule has 5 rings (SSSR count). The highest BCUT2D eigenvalue weighted by Crippen LogP contribution is 2.32. The second-order valence-corrected chi connectivity index (χ2v) is 8.77. The Labute approximate surface area is 195 Å². The van der Waals surface area contributed by atoms with Crippen molar-refractivity contribution in [1.29, 1.82) is 0 Å². The highest BCUT2D eigenvalue weighted by molar-refractivity contribution is 6.06. The molecular formula is C25H25F2N5O2. The third kappa shape index (κ3) is 4.02. The van der Waals surface area contributed by atoms with E-state index in [4.69, 9.17) is 5.73 Å². The summed E-state index contributed by atoms with van der Waals surface area (Å²) in [5.74, 6) is -2.63. The van der Waals surface area contributed by atoms with Crippen LogP contribution in [0.1, 0.15) is 41.0 Å². The molecule has 1 aliphatic heterocycles. The molecule has 0 radical (unpaired) electrons. The molecule has 3 N–H and O–H groups in total. The van der Waals surface area contributed by atoms with Crippen LogP contribution in [0.2, 0.25) is 0 Å². The first-order valence-corrected chi connectivity index (χ1v) is 11.4. The summed E-state index contributed by atoms with van der Waals surface area (Å²) in [7, 11) is 0. The van der Waals surface area contributed by atoms with Crippen LogP contribution in [-0.4, -0.2) is 34.7 Å². The molecule has 1 fully saturated rings. The summed E-state index contributed by atoms with van der Waals surface area (Å²) in [6.45, 7) is 1.33. The van der Waals surface area contributed by atoms with Crippen molar-refractivity contribution in [2.45, 2.75) is 32.1 Å². The number of carbonyl (C=O) groups is 2. The number of piperidine rings is 1. The predicted molar refractivity (Wildman–Crippen MR) is 124 cm³/mol. The van der Waals surface area contributed by atoms with Crippen LogP contribution in [0.15, 0.2) is 42.5 Å². The molecule has 1 aliphatic carbocycles. The number of carbonyl (C=O) groups excluding carboxylic acids is 2. The second kappa shape index (κ2) is 8.89. The Morgan fingerprint density at radius 1 is 1.03 bits per heavy atom. The first kappa shape index (κ1) is 22.1. The summed E-state index contributed by atoms with van der Waals surface area (Å²) in [5, 5.41) is 7.48. The van der Waals surface area contributed by atoms with Crippen molar-refractivity contribution in [3.8, 4) is 5.69 Å². The number of hydrogen-bond acceptors (Lipinski definition) is 4. The maximum absolute atomic E-state index is 13.8. The summed E-state index contributed by atoms with van der Waals surface area (Å²) in [6, 6.07) is 11.1. The number of amides is 2. The largest absolute Gasteiger partial charge is 0.370 e. The van der Waals surface area contributed by atoms with Gasteiger partial charge < -0.3 is 16.0 Å². The monoisotopic (exact) mass is 465 g/mol. The Morgan fingerprint density at radius 2 is 1.79 bits per heavy atom. The Hall–Kier alpha value is -3.75. The third-order valence-corrected chi connectivity index (χ3v) is 6.68. The quantitative estimate of drug-likeness (QED) is 0.602. The van der Waals surface area contributed by atoms with Gasteiger partial charge in [-0.25, -0.2) is 13.5 Å². The van der Waals surface area contributed by atoms with Crippen molar-refractivity contribution in [3.63, 3.8) is 0 Å². The number of rotatable bonds is 5. The van der Waals surface area contributed by atoms with E-state index in [-0.39, 0.29) is 17.7 Å². The summed E-state index contributed by atoms with van der Waals surface area (Å²) < 4.78 is 28.8. The first-order chi connectivity index (χ1) is 16.4. The van der Waals surface area contributed by atoms with Crippen LogP contribution in [0.3, 0.4) is 0 Å². The van der Waals surface area contributed by atoms with Crippen molar-refractivity contribution in [2.75, 3.05) is 23.3 Å². The van der Waals surface area contributed by atoms with E-state index in [9.17, 15) is 18.4 Å². The van der Waals surface area contributed by atoms with Crippen LogP contribution in [0, 0.1) is 17.6 Å². The Bertz CT molecular complexity index is 1260. The van der Waals surface area contributed by atoms with Gasteiger partial charge in [-0.05, 0) is 56.4 Å². The molecular weight excluding hydrogens is 440 g/mol. The number of hydrogen-bond donors (Lipinski definition) is 2. The number of fused-ring (bicyclic) bond motifs is 1. The number of anilines is 2. The van der Waals surface area contributed by atoms with Crippen molar-refractivity contribution in [3.05, 3.63) is 71.1 Å². The number of benzene rings is 2. The van der Waals surface area contributed by atoms with E-state index in [0.29, 0.717) is 55.8 Å². The van der Waals surface area contributed by atoms with Crippen molar-refractivity contribution in [2.24, 2.45) is 11.7 Å². The lowest BCUT2D eigenvalue weighted by Crippen LogP contribution is -2.38. The average Bonchev–Trinajstić information content (AvgIpc) is 3.44. The topological polar surface area (TPSA) is 93.2 Å². The molecule has 3 aromatic rings. The van der Waals surface area contributed by atoms with Crippen molar-refractivity contribution in [1.82, 2.24) is 9.78 Å². The zero-order chi connectivity index (χ0) is 23.8. The van der Waals surface area contributed by atoms with Crippen LogP contribution in [0.4, 0.5) is 20.2 Å². The summed E-state index contributed by atoms with van der Waals surface area (Å²) in [4.78, 5) is 27.0. The molecule has 0 atom stereocenters. The van der Waals surface area contributed by atoms with Gasteiger partial charge >= 0.3 is 0 Å². The van der Waals surface area contributed by atoms with E-state index >= 15 is 0 Å². The lowest BCUT2D eigenvalue weighted by atomic mass is 9.96. The molecule has 0 bridgehead atoms. The number of primary amides is 1. The second-order valence-electron chi connectivity index (χ2n) is 8.77. The molecule has 2 aromatic carbocycles. The smallest absolute Gasteiger partial charge is 0.276 e. The summed E-state index contributed by atoms with van der Waals surface area (Å²) >= 11 is 0. The van der Waals surface area contributed by atoms with Gasteiger partial charge in [0, 0.05) is 36.3 Å². The molecule has 0 spiro atoms. The molecule has 2 amide bonds. The molecule has 9 heteroatoms. The Kier molecular flexibility index (Phi) is 5.77. The summed E-state index contributed by atoms with van der Waals surface area (Å²) in [6.07, 6.45) is 3.61. The van der Waals surface area contributed by atoms with Gasteiger partial charge in [0.15, 0.2) is 17.3 Å². The van der Waals surface area contributed by atoms with Crippen LogP contribution in [0.5, 0.6) is 0 Å². The number of halogens is 2. The number of nitrogens with two attached hydrogens (primary N) is 1. The molecule has 7 nitrogen and oxygen atoms in total. The Balaban J connectivity index is 1.41. The number of aromatic nitrogens is 2. The molecule has 34 heavy (non-hydrogen) atoms. The van der Waals surface area contributed by atoms with Gasteiger partial charge in [-0.3, -0.25) is 9.59 Å². The predicted octanol–water partition coefficient (Wildman–Crippen LogP) is 3.59. The Morgan fingerprint density at radius 3 is 2.53 bits per heavy atom. The highest BCUT2D eigenvalue weighted by Gasteiger charge is 2.29. The third-order valence-electron chi connectivity index (χ3n) is 6.68. The standard InChI is InChI=1S/C25H25F2N5O2/c26-18-9-8-16(14-19(18)27)32-21-7-3-4-17(21)23(30-32)25(34)29-20-5-1-2-6-22(20)31-12-10-15(11-13-31)24(28)33/h1-2,5-6,8-9,14-15H,3-4,7,10-13H2,(H2,28,33)(H,29,34). The van der Waals surface area contributed by atoms with E-state index < -0.39 is 11.6 Å². The van der Waals surface area contributed by atoms with E-state index in [2.05, 4.69) is 15.3 Å². The maximum Gasteiger partial charge on any atom is 0.276 e. The van der Waals surface area contributed by atoms with Crippen LogP contribution in [0.25, 0.3) is 5.69 Å². The number of nitrogens with one attached hydrogen (secondary N) is 1. The molecule has 1 aromatic heterocycles. The van der Waals surface area contributed by atoms with Gasteiger partial charge in [0.2, 0.25) is 5.91 Å². The van der Waals surface area contributed by atoms with Gasteiger partial charge in [-0.15, -0.1) is 0 Å². The minimum atomic E-state index is -0.959. The van der Waals surface area contributed by atoms with E-state index in [1.165, 1.54) is 6.07 Å². The minimum absolute atomic E-state index is 0.124. The number of nitrogens with zero attached hydrogens (tertiary/aromatic N) is 3. The normalized spacial score (nSPS) is 15.9.